The number of hydrogen-bond acceptors (Lipinski definition) is 1. The summed E-state index contributed by atoms with van der Waals surface area (Å²) in [6, 6.07) is 30.0. The zero-order chi connectivity index (χ0) is 19.6. The van der Waals surface area contributed by atoms with Crippen molar-refractivity contribution in [3.8, 4) is 0 Å². The lowest BCUT2D eigenvalue weighted by molar-refractivity contribution is 1.23. The van der Waals surface area contributed by atoms with Gasteiger partial charge in [-0.1, -0.05) is 92.7 Å². The van der Waals surface area contributed by atoms with Gasteiger partial charge >= 0.3 is 0 Å². The van der Waals surface area contributed by atoms with E-state index < -0.39 is 0 Å². The van der Waals surface area contributed by atoms with Gasteiger partial charge in [-0.25, -0.2) is 0 Å². The van der Waals surface area contributed by atoms with Crippen molar-refractivity contribution in [2.45, 2.75) is 20.8 Å². The molecular weight excluding hydrogens is 326 g/mol. The van der Waals surface area contributed by atoms with Crippen LogP contribution in [0.15, 0.2) is 97.6 Å². The normalized spacial score (nSPS) is 9.63. The molecule has 0 saturated heterocycles. The Kier molecular flexibility index (Phi) is 7.63. The van der Waals surface area contributed by atoms with Crippen LogP contribution in [0.5, 0.6) is 0 Å². The largest absolute Gasteiger partial charge is 0.344 e. The van der Waals surface area contributed by atoms with Crippen molar-refractivity contribution in [3.63, 3.8) is 0 Å². The number of allylic oxidation sites excluding steroid dienone is 1. The molecule has 0 aliphatic carbocycles. The summed E-state index contributed by atoms with van der Waals surface area (Å²) in [6.45, 7) is 9.25. The van der Waals surface area contributed by atoms with E-state index in [2.05, 4.69) is 103 Å². The van der Waals surface area contributed by atoms with Crippen LogP contribution in [0.4, 0.5) is 11.4 Å². The van der Waals surface area contributed by atoms with Crippen LogP contribution in [0.3, 0.4) is 0 Å². The first-order chi connectivity index (χ1) is 13.3. The molecule has 0 atom stereocenters. The maximum Gasteiger partial charge on any atom is 0.0487 e. The highest BCUT2D eigenvalue weighted by Crippen LogP contribution is 2.34. The van der Waals surface area contributed by atoms with Crippen molar-refractivity contribution in [2.24, 2.45) is 0 Å². The minimum Gasteiger partial charge on any atom is -0.344 e. The number of fused-ring (bicyclic) bond motifs is 2. The fourth-order valence-electron chi connectivity index (χ4n) is 3.13. The van der Waals surface area contributed by atoms with Gasteiger partial charge in [0.15, 0.2) is 0 Å². The summed E-state index contributed by atoms with van der Waals surface area (Å²) in [5, 5.41) is 5.10. The summed E-state index contributed by atoms with van der Waals surface area (Å²) in [5.74, 6) is 0. The van der Waals surface area contributed by atoms with E-state index in [9.17, 15) is 0 Å². The second-order valence-electron chi connectivity index (χ2n) is 5.96. The molecule has 0 aromatic heterocycles. The molecule has 0 radical (unpaired) electrons. The molecule has 138 valence electrons. The highest BCUT2D eigenvalue weighted by atomic mass is 15.1. The second kappa shape index (κ2) is 10.2. The molecule has 0 fully saturated rings. The molecule has 4 rings (SSSR count). The summed E-state index contributed by atoms with van der Waals surface area (Å²) in [4.78, 5) is 2.28. The van der Waals surface area contributed by atoms with Crippen LogP contribution < -0.4 is 4.90 Å². The summed E-state index contributed by atoms with van der Waals surface area (Å²) in [5.41, 5.74) is 2.46. The van der Waals surface area contributed by atoms with Crippen LogP contribution in [0.2, 0.25) is 0 Å². The van der Waals surface area contributed by atoms with Crippen LogP contribution in [-0.2, 0) is 0 Å². The van der Waals surface area contributed by atoms with Crippen LogP contribution in [0, 0.1) is 0 Å². The van der Waals surface area contributed by atoms with Gasteiger partial charge in [-0.15, -0.1) is 6.58 Å². The van der Waals surface area contributed by atoms with Crippen LogP contribution in [0.25, 0.3) is 21.5 Å². The lowest BCUT2D eigenvalue weighted by Gasteiger charge is -2.23. The van der Waals surface area contributed by atoms with Gasteiger partial charge in [0.1, 0.15) is 0 Å². The Morgan fingerprint density at radius 1 is 0.630 bits per heavy atom. The Hall–Kier alpha value is -3.06. The summed E-state index contributed by atoms with van der Waals surface area (Å²) >= 11 is 0. The van der Waals surface area contributed by atoms with Gasteiger partial charge in [0.25, 0.3) is 0 Å². The van der Waals surface area contributed by atoms with Gasteiger partial charge in [-0.3, -0.25) is 0 Å². The monoisotopic (exact) mass is 355 g/mol. The maximum absolute atomic E-state index is 3.36. The minimum atomic E-state index is 1.23. The first kappa shape index (κ1) is 20.3. The molecule has 0 saturated carbocycles. The topological polar surface area (TPSA) is 3.24 Å². The van der Waals surface area contributed by atoms with Crippen molar-refractivity contribution in [1.29, 1.82) is 0 Å². The van der Waals surface area contributed by atoms with E-state index in [0.29, 0.717) is 0 Å². The molecule has 0 N–H and O–H groups in total. The van der Waals surface area contributed by atoms with E-state index in [1.807, 2.05) is 20.8 Å². The standard InChI is InChI=1S/C21H17N.C3H6.C2H6/c1-22(20-14-6-10-16-8-2-4-12-18(16)20)21-15-7-11-17-9-3-5-13-19(17)21;1-3-2;1-2/h2-15H,1H3;3H,1H2,2H3;1-2H3. The van der Waals surface area contributed by atoms with E-state index in [-0.39, 0.29) is 0 Å². The highest BCUT2D eigenvalue weighted by Gasteiger charge is 2.10. The van der Waals surface area contributed by atoms with Crippen molar-refractivity contribution in [1.82, 2.24) is 0 Å². The van der Waals surface area contributed by atoms with Gasteiger partial charge in [0, 0.05) is 29.2 Å². The van der Waals surface area contributed by atoms with Crippen molar-refractivity contribution < 1.29 is 0 Å². The molecule has 0 heterocycles. The molecule has 0 unspecified atom stereocenters. The van der Waals surface area contributed by atoms with Crippen molar-refractivity contribution >= 4 is 32.9 Å². The summed E-state index contributed by atoms with van der Waals surface area (Å²) < 4.78 is 0. The van der Waals surface area contributed by atoms with E-state index >= 15 is 0 Å². The van der Waals surface area contributed by atoms with Gasteiger partial charge in [-0.2, -0.15) is 0 Å². The van der Waals surface area contributed by atoms with Crippen LogP contribution >= 0.6 is 0 Å². The van der Waals surface area contributed by atoms with E-state index in [0.717, 1.165) is 0 Å². The fraction of sp³-hybridized carbons (Fsp3) is 0.154. The highest BCUT2D eigenvalue weighted by molar-refractivity contribution is 6.01. The maximum atomic E-state index is 3.36. The smallest absolute Gasteiger partial charge is 0.0487 e. The SMILES string of the molecule is C=CC.CC.CN(c1cccc2ccccc12)c1cccc2ccccc12. The molecule has 27 heavy (non-hydrogen) atoms. The molecule has 0 bridgehead atoms. The number of hydrogen-bond donors (Lipinski definition) is 0. The average molecular weight is 356 g/mol. The Labute approximate surface area is 163 Å². The number of rotatable bonds is 2. The second-order valence-corrected chi connectivity index (χ2v) is 5.96. The van der Waals surface area contributed by atoms with Gasteiger partial charge in [-0.05, 0) is 29.8 Å². The molecular formula is C26H29N. The minimum absolute atomic E-state index is 1.23. The quantitative estimate of drug-likeness (QED) is 0.329. The zero-order valence-electron chi connectivity index (χ0n) is 16.8. The summed E-state index contributed by atoms with van der Waals surface area (Å²) in [6.07, 6.45) is 1.75. The number of anilines is 2. The number of nitrogens with zero attached hydrogens (tertiary/aromatic N) is 1. The van der Waals surface area contributed by atoms with Gasteiger partial charge in [0.2, 0.25) is 0 Å². The third-order valence-corrected chi connectivity index (χ3v) is 4.26. The zero-order valence-corrected chi connectivity index (χ0v) is 16.8. The molecule has 0 aliphatic heterocycles. The third kappa shape index (κ3) is 4.57. The molecule has 1 nitrogen and oxygen atoms in total. The van der Waals surface area contributed by atoms with Crippen LogP contribution in [0.1, 0.15) is 20.8 Å². The average Bonchev–Trinajstić information content (AvgIpc) is 2.74. The Morgan fingerprint density at radius 3 is 1.37 bits per heavy atom. The van der Waals surface area contributed by atoms with E-state index in [1.54, 1.807) is 6.08 Å². The van der Waals surface area contributed by atoms with Gasteiger partial charge < -0.3 is 4.90 Å². The van der Waals surface area contributed by atoms with E-state index in [4.69, 9.17) is 0 Å². The lowest BCUT2D eigenvalue weighted by atomic mass is 10.1. The Bertz CT molecular complexity index is 911. The predicted octanol–water partition coefficient (Wildman–Crippen LogP) is 7.98. The predicted molar refractivity (Wildman–Crippen MR) is 123 cm³/mol. The molecule has 0 aliphatic rings. The van der Waals surface area contributed by atoms with Crippen molar-refractivity contribution in [2.75, 3.05) is 11.9 Å². The lowest BCUT2D eigenvalue weighted by Crippen LogP contribution is -2.10. The molecule has 0 spiro atoms. The molecule has 4 aromatic carbocycles. The molecule has 4 aromatic rings. The third-order valence-electron chi connectivity index (χ3n) is 4.26. The van der Waals surface area contributed by atoms with Crippen molar-refractivity contribution in [3.05, 3.63) is 97.6 Å². The summed E-state index contributed by atoms with van der Waals surface area (Å²) in [7, 11) is 2.14. The molecule has 1 heteroatoms. The fourth-order valence-corrected chi connectivity index (χ4v) is 3.13. The number of benzene rings is 4. The Morgan fingerprint density at radius 2 is 0.963 bits per heavy atom. The molecule has 0 amide bonds. The Balaban J connectivity index is 0.000000478. The van der Waals surface area contributed by atoms with Gasteiger partial charge in [0.05, 0.1) is 0 Å². The van der Waals surface area contributed by atoms with Crippen LogP contribution in [-0.4, -0.2) is 7.05 Å². The first-order valence-electron chi connectivity index (χ1n) is 9.52. The first-order valence-corrected chi connectivity index (χ1v) is 9.52. The van der Waals surface area contributed by atoms with E-state index in [1.165, 1.54) is 32.9 Å².